The van der Waals surface area contributed by atoms with Crippen LogP contribution in [-0.4, -0.2) is 57.6 Å². The number of hydrogen-bond donors (Lipinski definition) is 3. The fourth-order valence-electron chi connectivity index (χ4n) is 3.78. The van der Waals surface area contributed by atoms with Crippen LogP contribution in [0.4, 0.5) is 5.69 Å². The van der Waals surface area contributed by atoms with Gasteiger partial charge in [0.25, 0.3) is 0 Å². The molecule has 7 heteroatoms. The standard InChI is InChI=1S/C24H28N2O4S/c1-16-4-2-3-9-26(16)21-8-7-18-10-17(5-6-19(18)12-21)11-20(13-25)24(30)31-15-23(29)22(28)14-27/h5-8,10-12,16,22-23,27-29H,2-4,9,14-15H2,1H3/b20-11+. The molecule has 1 heterocycles. The number of thioether (sulfide) groups is 1. The molecule has 164 valence electrons. The van der Waals surface area contributed by atoms with Gasteiger partial charge in [0.05, 0.1) is 12.7 Å². The maximum absolute atomic E-state index is 12.3. The molecule has 2 aromatic rings. The van der Waals surface area contributed by atoms with E-state index in [1.54, 1.807) is 0 Å². The summed E-state index contributed by atoms with van der Waals surface area (Å²) in [7, 11) is 0. The zero-order chi connectivity index (χ0) is 22.4. The zero-order valence-corrected chi connectivity index (χ0v) is 18.4. The smallest absolute Gasteiger partial charge is 0.230 e. The first kappa shape index (κ1) is 23.3. The van der Waals surface area contributed by atoms with Crippen LogP contribution >= 0.6 is 11.8 Å². The number of nitriles is 1. The van der Waals surface area contributed by atoms with Crippen LogP contribution in [0.25, 0.3) is 16.8 Å². The van der Waals surface area contributed by atoms with Crippen molar-refractivity contribution in [2.24, 2.45) is 0 Å². The highest BCUT2D eigenvalue weighted by Gasteiger charge is 2.20. The minimum Gasteiger partial charge on any atom is -0.394 e. The van der Waals surface area contributed by atoms with Crippen LogP contribution in [0.5, 0.6) is 0 Å². The fourth-order valence-corrected chi connectivity index (χ4v) is 4.58. The van der Waals surface area contributed by atoms with Crippen molar-refractivity contribution in [3.8, 4) is 6.07 Å². The molecule has 1 aliphatic heterocycles. The van der Waals surface area contributed by atoms with Crippen LogP contribution < -0.4 is 4.90 Å². The second-order valence-electron chi connectivity index (χ2n) is 7.91. The molecule has 1 saturated heterocycles. The van der Waals surface area contributed by atoms with Gasteiger partial charge in [-0.1, -0.05) is 30.0 Å². The highest BCUT2D eigenvalue weighted by Crippen LogP contribution is 2.29. The highest BCUT2D eigenvalue weighted by molar-refractivity contribution is 8.14. The summed E-state index contributed by atoms with van der Waals surface area (Å²) in [5.74, 6) is -0.102. The number of aliphatic hydroxyl groups excluding tert-OH is 3. The lowest BCUT2D eigenvalue weighted by atomic mass is 10.0. The van der Waals surface area contributed by atoms with E-state index in [2.05, 4.69) is 30.0 Å². The van der Waals surface area contributed by atoms with Crippen LogP contribution in [0.15, 0.2) is 42.0 Å². The molecule has 3 unspecified atom stereocenters. The van der Waals surface area contributed by atoms with E-state index in [0.29, 0.717) is 6.04 Å². The molecular formula is C24H28N2O4S. The summed E-state index contributed by atoms with van der Waals surface area (Å²) < 4.78 is 0. The number of hydrogen-bond acceptors (Lipinski definition) is 7. The molecule has 0 spiro atoms. The lowest BCUT2D eigenvalue weighted by Crippen LogP contribution is -2.37. The number of fused-ring (bicyclic) bond motifs is 1. The molecule has 0 saturated carbocycles. The van der Waals surface area contributed by atoms with Gasteiger partial charge in [0, 0.05) is 24.0 Å². The third kappa shape index (κ3) is 5.86. The van der Waals surface area contributed by atoms with E-state index in [1.165, 1.54) is 31.0 Å². The molecule has 3 N–H and O–H groups in total. The molecule has 6 nitrogen and oxygen atoms in total. The van der Waals surface area contributed by atoms with Gasteiger partial charge < -0.3 is 20.2 Å². The molecule has 1 aliphatic rings. The molecule has 3 rings (SSSR count). The van der Waals surface area contributed by atoms with Gasteiger partial charge in [0.2, 0.25) is 5.12 Å². The van der Waals surface area contributed by atoms with Crippen molar-refractivity contribution in [1.29, 1.82) is 5.26 Å². The van der Waals surface area contributed by atoms with Gasteiger partial charge in [-0.05, 0) is 66.8 Å². The molecular weight excluding hydrogens is 412 g/mol. The van der Waals surface area contributed by atoms with Crippen LogP contribution in [0, 0.1) is 11.3 Å². The summed E-state index contributed by atoms with van der Waals surface area (Å²) in [6.45, 7) is 2.74. The average Bonchev–Trinajstić information content (AvgIpc) is 2.80. The van der Waals surface area contributed by atoms with Gasteiger partial charge in [-0.25, -0.2) is 0 Å². The maximum Gasteiger partial charge on any atom is 0.230 e. The second-order valence-corrected chi connectivity index (χ2v) is 8.91. The Bertz CT molecular complexity index is 1000. The summed E-state index contributed by atoms with van der Waals surface area (Å²) in [6.07, 6.45) is 2.68. The maximum atomic E-state index is 12.3. The van der Waals surface area contributed by atoms with Gasteiger partial charge in [0.1, 0.15) is 17.7 Å². The first-order chi connectivity index (χ1) is 14.9. The molecule has 0 aromatic heterocycles. The number of anilines is 1. The van der Waals surface area contributed by atoms with Crippen molar-refractivity contribution in [2.45, 2.75) is 44.4 Å². The van der Waals surface area contributed by atoms with E-state index in [4.69, 9.17) is 5.11 Å². The SMILES string of the molecule is CC1CCCCN1c1ccc2cc(/C=C(\C#N)C(=O)SCC(O)C(O)CO)ccc2c1. The summed E-state index contributed by atoms with van der Waals surface area (Å²) in [5.41, 5.74) is 1.93. The van der Waals surface area contributed by atoms with E-state index in [9.17, 15) is 20.3 Å². The molecule has 0 bridgehead atoms. The topological polar surface area (TPSA) is 105 Å². The van der Waals surface area contributed by atoms with E-state index in [0.717, 1.165) is 34.6 Å². The molecule has 0 radical (unpaired) electrons. The molecule has 2 aromatic carbocycles. The lowest BCUT2D eigenvalue weighted by molar-refractivity contribution is -0.107. The Labute approximate surface area is 186 Å². The summed E-state index contributed by atoms with van der Waals surface area (Å²) in [4.78, 5) is 14.8. The number of benzene rings is 2. The first-order valence-electron chi connectivity index (χ1n) is 10.5. The Hall–Kier alpha value is -2.37. The second kappa shape index (κ2) is 10.8. The van der Waals surface area contributed by atoms with Crippen molar-refractivity contribution < 1.29 is 20.1 Å². The Morgan fingerprint density at radius 2 is 1.97 bits per heavy atom. The van der Waals surface area contributed by atoms with Crippen molar-refractivity contribution in [3.05, 3.63) is 47.5 Å². The number of carbonyl (C=O) groups excluding carboxylic acids is 1. The molecule has 0 amide bonds. The van der Waals surface area contributed by atoms with Crippen LogP contribution in [0.1, 0.15) is 31.7 Å². The predicted octanol–water partition coefficient (Wildman–Crippen LogP) is 3.10. The van der Waals surface area contributed by atoms with E-state index >= 15 is 0 Å². The lowest BCUT2D eigenvalue weighted by Gasteiger charge is -2.35. The van der Waals surface area contributed by atoms with E-state index in [1.807, 2.05) is 24.3 Å². The fraction of sp³-hybridized carbons (Fsp3) is 0.417. The van der Waals surface area contributed by atoms with Crippen molar-refractivity contribution in [1.82, 2.24) is 0 Å². The minimum atomic E-state index is -1.31. The predicted molar refractivity (Wildman–Crippen MR) is 125 cm³/mol. The summed E-state index contributed by atoms with van der Waals surface area (Å²) in [5, 5.41) is 38.9. The normalized spacial score (nSPS) is 19.1. The number of nitrogens with zero attached hydrogens (tertiary/aromatic N) is 2. The van der Waals surface area contributed by atoms with Gasteiger partial charge in [-0.3, -0.25) is 4.79 Å². The van der Waals surface area contributed by atoms with Crippen molar-refractivity contribution in [3.63, 3.8) is 0 Å². The summed E-state index contributed by atoms with van der Waals surface area (Å²) in [6, 6.07) is 14.6. The Kier molecular flexibility index (Phi) is 8.10. The zero-order valence-electron chi connectivity index (χ0n) is 17.6. The average molecular weight is 441 g/mol. The Balaban J connectivity index is 1.75. The van der Waals surface area contributed by atoms with E-state index in [-0.39, 0.29) is 11.3 Å². The number of piperidine rings is 1. The minimum absolute atomic E-state index is 0.0335. The number of rotatable bonds is 7. The molecule has 31 heavy (non-hydrogen) atoms. The van der Waals surface area contributed by atoms with Crippen molar-refractivity contribution in [2.75, 3.05) is 23.8 Å². The van der Waals surface area contributed by atoms with Gasteiger partial charge in [-0.15, -0.1) is 0 Å². The number of aliphatic hydroxyl groups is 3. The van der Waals surface area contributed by atoms with Crippen molar-refractivity contribution >= 4 is 39.4 Å². The number of carbonyl (C=O) groups is 1. The summed E-state index contributed by atoms with van der Waals surface area (Å²) >= 11 is 0.745. The Morgan fingerprint density at radius 1 is 1.23 bits per heavy atom. The first-order valence-corrected chi connectivity index (χ1v) is 11.5. The van der Waals surface area contributed by atoms with Gasteiger partial charge in [0.15, 0.2) is 0 Å². The third-order valence-corrected chi connectivity index (χ3v) is 6.64. The third-order valence-electron chi connectivity index (χ3n) is 5.65. The molecule has 0 aliphatic carbocycles. The largest absolute Gasteiger partial charge is 0.394 e. The molecule has 3 atom stereocenters. The van der Waals surface area contributed by atoms with Gasteiger partial charge >= 0.3 is 0 Å². The Morgan fingerprint density at radius 3 is 2.68 bits per heavy atom. The molecule has 1 fully saturated rings. The monoisotopic (exact) mass is 440 g/mol. The van der Waals surface area contributed by atoms with Crippen LogP contribution in [-0.2, 0) is 4.79 Å². The van der Waals surface area contributed by atoms with Crippen LogP contribution in [0.2, 0.25) is 0 Å². The van der Waals surface area contributed by atoms with E-state index < -0.39 is 23.9 Å². The highest BCUT2D eigenvalue weighted by atomic mass is 32.2. The van der Waals surface area contributed by atoms with Crippen LogP contribution in [0.3, 0.4) is 0 Å². The van der Waals surface area contributed by atoms with Gasteiger partial charge in [-0.2, -0.15) is 5.26 Å². The quantitative estimate of drug-likeness (QED) is 0.449.